The van der Waals surface area contributed by atoms with Crippen LogP contribution in [-0.2, 0) is 22.7 Å². The predicted molar refractivity (Wildman–Crippen MR) is 84.1 cm³/mol. The van der Waals surface area contributed by atoms with Gasteiger partial charge >= 0.3 is 0 Å². The van der Waals surface area contributed by atoms with Gasteiger partial charge in [-0.25, -0.2) is 0 Å². The molecule has 8 heteroatoms. The van der Waals surface area contributed by atoms with Crippen molar-refractivity contribution < 1.29 is 9.59 Å². The molecule has 0 saturated carbocycles. The number of carbonyl (C=O) groups excluding carboxylic acids is 2. The highest BCUT2D eigenvalue weighted by Gasteiger charge is 2.22. The van der Waals surface area contributed by atoms with E-state index in [0.717, 1.165) is 31.6 Å². The number of thioether (sulfide) groups is 1. The normalized spacial score (nSPS) is 17.4. The van der Waals surface area contributed by atoms with Crippen molar-refractivity contribution in [2.75, 3.05) is 6.54 Å². The molecule has 22 heavy (non-hydrogen) atoms. The quantitative estimate of drug-likeness (QED) is 0.792. The second-order valence-electron chi connectivity index (χ2n) is 5.43. The first-order chi connectivity index (χ1) is 10.5. The minimum absolute atomic E-state index is 0.183. The van der Waals surface area contributed by atoms with Gasteiger partial charge in [-0.2, -0.15) is 0 Å². The number of carbonyl (C=O) groups is 2. The third-order valence-corrected chi connectivity index (χ3v) is 4.89. The smallest absolute Gasteiger partial charge is 0.230 e. The number of hydrogen-bond donors (Lipinski definition) is 1. The lowest BCUT2D eigenvalue weighted by atomic mass is 10.2. The molecule has 1 aliphatic rings. The molecule has 1 aromatic rings. The van der Waals surface area contributed by atoms with Crippen LogP contribution in [0.25, 0.3) is 0 Å². The van der Waals surface area contributed by atoms with Crippen molar-refractivity contribution in [3.05, 3.63) is 5.82 Å². The molecule has 1 aliphatic heterocycles. The fourth-order valence-corrected chi connectivity index (χ4v) is 3.32. The number of nitrogens with two attached hydrogens (primary N) is 1. The Balaban J connectivity index is 2.12. The first kappa shape index (κ1) is 16.8. The average Bonchev–Trinajstić information content (AvgIpc) is 2.74. The maximum absolute atomic E-state index is 12.1. The zero-order valence-corrected chi connectivity index (χ0v) is 13.9. The third-order valence-electron chi connectivity index (χ3n) is 3.80. The van der Waals surface area contributed by atoms with Crippen LogP contribution in [0.3, 0.4) is 0 Å². The van der Waals surface area contributed by atoms with Crippen molar-refractivity contribution in [3.8, 4) is 0 Å². The molecule has 0 spiro atoms. The lowest BCUT2D eigenvalue weighted by Crippen LogP contribution is -2.31. The Morgan fingerprint density at radius 3 is 2.82 bits per heavy atom. The van der Waals surface area contributed by atoms with Crippen molar-refractivity contribution >= 4 is 23.6 Å². The minimum Gasteiger partial charge on any atom is -0.369 e. The summed E-state index contributed by atoms with van der Waals surface area (Å²) < 4.78 is 1.95. The van der Waals surface area contributed by atoms with E-state index in [0.29, 0.717) is 24.7 Å². The zero-order chi connectivity index (χ0) is 16.1. The van der Waals surface area contributed by atoms with Gasteiger partial charge in [0.1, 0.15) is 0 Å². The zero-order valence-electron chi connectivity index (χ0n) is 13.1. The van der Waals surface area contributed by atoms with Crippen LogP contribution in [0.15, 0.2) is 5.16 Å². The fourth-order valence-electron chi connectivity index (χ4n) is 2.43. The Kier molecular flexibility index (Phi) is 5.82. The summed E-state index contributed by atoms with van der Waals surface area (Å²) in [6.45, 7) is 5.69. The molecule has 2 heterocycles. The summed E-state index contributed by atoms with van der Waals surface area (Å²) in [5.74, 6) is 0.569. The van der Waals surface area contributed by atoms with E-state index in [1.807, 2.05) is 16.4 Å². The fraction of sp³-hybridized carbons (Fsp3) is 0.714. The molecule has 1 atom stereocenters. The monoisotopic (exact) mass is 325 g/mol. The molecule has 0 radical (unpaired) electrons. The number of aromatic nitrogens is 3. The van der Waals surface area contributed by atoms with E-state index < -0.39 is 0 Å². The summed E-state index contributed by atoms with van der Waals surface area (Å²) in [6, 6.07) is 0. The highest BCUT2D eigenvalue weighted by molar-refractivity contribution is 8.00. The van der Waals surface area contributed by atoms with Gasteiger partial charge in [0.15, 0.2) is 11.0 Å². The molecule has 122 valence electrons. The van der Waals surface area contributed by atoms with Crippen LogP contribution in [0, 0.1) is 0 Å². The lowest BCUT2D eigenvalue weighted by molar-refractivity contribution is -0.131. The standard InChI is InChI=1S/C14H23N5O2S/c1-3-19-11(9-18-8-6-4-5-7-12(18)20)16-17-14(19)22-10(2)13(15)21/h10H,3-9H2,1-2H3,(H2,15,21)/t10-/m0/s1. The van der Waals surface area contributed by atoms with Crippen LogP contribution in [0.2, 0.25) is 0 Å². The Hall–Kier alpha value is -1.57. The molecule has 1 fully saturated rings. The summed E-state index contributed by atoms with van der Waals surface area (Å²) in [4.78, 5) is 25.1. The Bertz CT molecular complexity index is 545. The van der Waals surface area contributed by atoms with Gasteiger partial charge in [0.25, 0.3) is 0 Å². The second kappa shape index (κ2) is 7.62. The van der Waals surface area contributed by atoms with Gasteiger partial charge in [-0.05, 0) is 26.7 Å². The maximum atomic E-state index is 12.1. The minimum atomic E-state index is -0.375. The highest BCUT2D eigenvalue weighted by atomic mass is 32.2. The van der Waals surface area contributed by atoms with E-state index >= 15 is 0 Å². The van der Waals surface area contributed by atoms with Crippen LogP contribution in [0.5, 0.6) is 0 Å². The van der Waals surface area contributed by atoms with Crippen LogP contribution in [0.1, 0.15) is 45.4 Å². The number of amides is 2. The van der Waals surface area contributed by atoms with Crippen LogP contribution >= 0.6 is 11.8 Å². The van der Waals surface area contributed by atoms with Crippen molar-refractivity contribution in [1.82, 2.24) is 19.7 Å². The van der Waals surface area contributed by atoms with E-state index in [9.17, 15) is 9.59 Å². The third kappa shape index (κ3) is 4.00. The van der Waals surface area contributed by atoms with E-state index in [2.05, 4.69) is 10.2 Å². The van der Waals surface area contributed by atoms with Gasteiger partial charge < -0.3 is 15.2 Å². The highest BCUT2D eigenvalue weighted by Crippen LogP contribution is 2.23. The molecular weight excluding hydrogens is 302 g/mol. The number of hydrogen-bond acceptors (Lipinski definition) is 5. The van der Waals surface area contributed by atoms with Crippen molar-refractivity contribution in [2.24, 2.45) is 5.73 Å². The van der Waals surface area contributed by atoms with Gasteiger partial charge in [0, 0.05) is 19.5 Å². The molecule has 0 bridgehead atoms. The predicted octanol–water partition coefficient (Wildman–Crippen LogP) is 1.17. The molecular formula is C14H23N5O2S. The molecule has 2 N–H and O–H groups in total. The summed E-state index contributed by atoms with van der Waals surface area (Å²) in [5, 5.41) is 8.67. The Morgan fingerprint density at radius 1 is 1.36 bits per heavy atom. The number of nitrogens with zero attached hydrogens (tertiary/aromatic N) is 4. The second-order valence-corrected chi connectivity index (χ2v) is 6.74. The van der Waals surface area contributed by atoms with Gasteiger partial charge in [0.2, 0.25) is 11.8 Å². The average molecular weight is 325 g/mol. The summed E-state index contributed by atoms with van der Waals surface area (Å²) in [6.07, 6.45) is 3.71. The van der Waals surface area contributed by atoms with E-state index in [-0.39, 0.29) is 17.1 Å². The lowest BCUT2D eigenvalue weighted by Gasteiger charge is -2.20. The topological polar surface area (TPSA) is 94.1 Å². The molecule has 0 unspecified atom stereocenters. The Morgan fingerprint density at radius 2 is 2.14 bits per heavy atom. The van der Waals surface area contributed by atoms with Gasteiger partial charge in [-0.15, -0.1) is 10.2 Å². The molecule has 2 amide bonds. The first-order valence-corrected chi connectivity index (χ1v) is 8.56. The van der Waals surface area contributed by atoms with Crippen LogP contribution in [0.4, 0.5) is 0 Å². The summed E-state index contributed by atoms with van der Waals surface area (Å²) in [5.41, 5.74) is 5.30. The summed E-state index contributed by atoms with van der Waals surface area (Å²) in [7, 11) is 0. The molecule has 1 saturated heterocycles. The van der Waals surface area contributed by atoms with Crippen molar-refractivity contribution in [3.63, 3.8) is 0 Å². The Labute approximate surface area is 134 Å². The van der Waals surface area contributed by atoms with Gasteiger partial charge in [0.05, 0.1) is 11.8 Å². The number of primary amides is 1. The van der Waals surface area contributed by atoms with Gasteiger partial charge in [-0.1, -0.05) is 18.2 Å². The van der Waals surface area contributed by atoms with E-state index in [1.165, 1.54) is 11.8 Å². The van der Waals surface area contributed by atoms with E-state index in [4.69, 9.17) is 5.73 Å². The van der Waals surface area contributed by atoms with E-state index in [1.54, 1.807) is 6.92 Å². The first-order valence-electron chi connectivity index (χ1n) is 7.68. The maximum Gasteiger partial charge on any atom is 0.230 e. The van der Waals surface area contributed by atoms with Crippen LogP contribution < -0.4 is 5.73 Å². The van der Waals surface area contributed by atoms with Crippen LogP contribution in [-0.4, -0.2) is 43.3 Å². The van der Waals surface area contributed by atoms with Crippen molar-refractivity contribution in [1.29, 1.82) is 0 Å². The molecule has 1 aromatic heterocycles. The molecule has 0 aliphatic carbocycles. The SMILES string of the molecule is CCn1c(CN2CCCCCC2=O)nnc1S[C@@H](C)C(N)=O. The van der Waals surface area contributed by atoms with Crippen molar-refractivity contribution in [2.45, 2.75) is 63.0 Å². The molecule has 2 rings (SSSR count). The molecule has 7 nitrogen and oxygen atoms in total. The number of rotatable bonds is 6. The molecule has 0 aromatic carbocycles. The summed E-state index contributed by atoms with van der Waals surface area (Å²) >= 11 is 1.30. The van der Waals surface area contributed by atoms with Gasteiger partial charge in [-0.3, -0.25) is 9.59 Å². The number of likely N-dealkylation sites (tertiary alicyclic amines) is 1. The largest absolute Gasteiger partial charge is 0.369 e.